The van der Waals surface area contributed by atoms with E-state index in [-0.39, 0.29) is 48.6 Å². The van der Waals surface area contributed by atoms with Crippen LogP contribution in [0.5, 0.6) is 0 Å². The van der Waals surface area contributed by atoms with Crippen LogP contribution < -0.4 is 0 Å². The molecule has 0 saturated heterocycles. The maximum atomic E-state index is 12.2. The molecule has 2 N–H and O–H groups in total. The molecule has 0 aromatic heterocycles. The van der Waals surface area contributed by atoms with Crippen LogP contribution in [0.1, 0.15) is 64.7 Å². The van der Waals surface area contributed by atoms with Gasteiger partial charge in [-0.05, 0) is 32.1 Å². The van der Waals surface area contributed by atoms with E-state index in [2.05, 4.69) is 0 Å². The molecule has 0 amide bonds. The molecule has 23 heavy (non-hydrogen) atoms. The number of carbonyl (C=O) groups excluding carboxylic acids is 2. The first-order valence-corrected chi connectivity index (χ1v) is 8.29. The highest BCUT2D eigenvalue weighted by atomic mass is 16.4. The highest BCUT2D eigenvalue weighted by Crippen LogP contribution is 2.40. The molecule has 3 atom stereocenters. The fourth-order valence-corrected chi connectivity index (χ4v) is 3.55. The molecule has 0 spiro atoms. The van der Waals surface area contributed by atoms with Crippen molar-refractivity contribution in [3.05, 3.63) is 0 Å². The third kappa shape index (κ3) is 6.50. The van der Waals surface area contributed by atoms with Crippen molar-refractivity contribution in [3.8, 4) is 0 Å². The predicted molar refractivity (Wildman–Crippen MR) is 83.0 cm³/mol. The summed E-state index contributed by atoms with van der Waals surface area (Å²) in [7, 11) is 0. The van der Waals surface area contributed by atoms with E-state index < -0.39 is 11.9 Å². The lowest BCUT2D eigenvalue weighted by molar-refractivity contribution is -0.138. The van der Waals surface area contributed by atoms with Crippen molar-refractivity contribution in [1.82, 2.24) is 0 Å². The van der Waals surface area contributed by atoms with Crippen LogP contribution in [0.25, 0.3) is 0 Å². The van der Waals surface area contributed by atoms with Crippen molar-refractivity contribution in [2.24, 2.45) is 17.8 Å². The smallest absolute Gasteiger partial charge is 0.303 e. The van der Waals surface area contributed by atoms with Crippen LogP contribution in [0.4, 0.5) is 0 Å². The number of carbonyl (C=O) groups is 4. The van der Waals surface area contributed by atoms with E-state index in [1.807, 2.05) is 0 Å². The molecule has 0 heterocycles. The number of carboxylic acid groups (broad SMARTS) is 2. The summed E-state index contributed by atoms with van der Waals surface area (Å²) in [5, 5.41) is 17.4. The minimum atomic E-state index is -0.904. The van der Waals surface area contributed by atoms with Gasteiger partial charge in [-0.2, -0.15) is 0 Å². The second kappa shape index (κ2) is 9.43. The summed E-state index contributed by atoms with van der Waals surface area (Å²) >= 11 is 0. The lowest BCUT2D eigenvalue weighted by Crippen LogP contribution is -2.22. The van der Waals surface area contributed by atoms with Crippen molar-refractivity contribution in [2.75, 3.05) is 0 Å². The van der Waals surface area contributed by atoms with Gasteiger partial charge >= 0.3 is 11.9 Å². The number of rotatable bonds is 11. The fraction of sp³-hybridized carbons (Fsp3) is 0.765. The SMILES string of the molecule is CC(=O)C1CC(=O)C(CCCCCCC(=O)O)C1CCC(=O)O. The molecule has 1 aliphatic carbocycles. The number of carboxylic acids is 2. The highest BCUT2D eigenvalue weighted by molar-refractivity contribution is 5.92. The predicted octanol–water partition coefficient (Wildman–Crippen LogP) is 2.69. The molecule has 6 heteroatoms. The summed E-state index contributed by atoms with van der Waals surface area (Å²) in [6.45, 7) is 1.47. The Morgan fingerprint density at radius 1 is 0.957 bits per heavy atom. The Kier molecular flexibility index (Phi) is 7.92. The molecule has 6 nitrogen and oxygen atoms in total. The largest absolute Gasteiger partial charge is 0.481 e. The molecular formula is C17H26O6. The summed E-state index contributed by atoms with van der Waals surface area (Å²) in [4.78, 5) is 45.1. The van der Waals surface area contributed by atoms with Crippen LogP contribution in [-0.4, -0.2) is 33.7 Å². The molecule has 0 aromatic carbocycles. The third-order valence-electron chi connectivity index (χ3n) is 4.74. The van der Waals surface area contributed by atoms with Gasteiger partial charge in [0.2, 0.25) is 0 Å². The van der Waals surface area contributed by atoms with E-state index in [4.69, 9.17) is 10.2 Å². The van der Waals surface area contributed by atoms with Crippen LogP contribution in [0.15, 0.2) is 0 Å². The van der Waals surface area contributed by atoms with Crippen molar-refractivity contribution >= 4 is 23.5 Å². The maximum absolute atomic E-state index is 12.2. The quantitative estimate of drug-likeness (QED) is 0.565. The summed E-state index contributed by atoms with van der Waals surface area (Å²) in [5.74, 6) is -2.37. The van der Waals surface area contributed by atoms with Crippen molar-refractivity contribution in [2.45, 2.75) is 64.7 Å². The van der Waals surface area contributed by atoms with E-state index in [0.717, 1.165) is 19.3 Å². The van der Waals surface area contributed by atoms with Crippen LogP contribution in [0.3, 0.4) is 0 Å². The van der Waals surface area contributed by atoms with E-state index in [1.54, 1.807) is 0 Å². The molecule has 1 fully saturated rings. The number of hydrogen-bond acceptors (Lipinski definition) is 4. The molecule has 1 rings (SSSR count). The molecule has 130 valence electrons. The normalized spacial score (nSPS) is 23.9. The molecular weight excluding hydrogens is 300 g/mol. The van der Waals surface area contributed by atoms with Gasteiger partial charge in [-0.15, -0.1) is 0 Å². The lowest BCUT2D eigenvalue weighted by atomic mass is 9.81. The van der Waals surface area contributed by atoms with Crippen molar-refractivity contribution < 1.29 is 29.4 Å². The topological polar surface area (TPSA) is 109 Å². The van der Waals surface area contributed by atoms with Gasteiger partial charge in [-0.1, -0.05) is 19.3 Å². The van der Waals surface area contributed by atoms with Gasteiger partial charge in [-0.25, -0.2) is 0 Å². The van der Waals surface area contributed by atoms with Gasteiger partial charge < -0.3 is 10.2 Å². The Morgan fingerprint density at radius 2 is 1.57 bits per heavy atom. The minimum Gasteiger partial charge on any atom is -0.481 e. The van der Waals surface area contributed by atoms with Gasteiger partial charge in [0.05, 0.1) is 0 Å². The molecule has 0 radical (unpaired) electrons. The Morgan fingerprint density at radius 3 is 2.13 bits per heavy atom. The van der Waals surface area contributed by atoms with Gasteiger partial charge in [0.15, 0.2) is 0 Å². The zero-order valence-corrected chi connectivity index (χ0v) is 13.6. The molecule has 1 aliphatic rings. The first-order valence-electron chi connectivity index (χ1n) is 8.29. The monoisotopic (exact) mass is 326 g/mol. The molecule has 1 saturated carbocycles. The van der Waals surface area contributed by atoms with E-state index in [0.29, 0.717) is 19.3 Å². The zero-order chi connectivity index (χ0) is 17.4. The molecule has 3 unspecified atom stereocenters. The Bertz CT molecular complexity index is 456. The van der Waals surface area contributed by atoms with E-state index in [1.165, 1.54) is 6.92 Å². The van der Waals surface area contributed by atoms with E-state index >= 15 is 0 Å². The average molecular weight is 326 g/mol. The van der Waals surface area contributed by atoms with Gasteiger partial charge in [0.25, 0.3) is 0 Å². The maximum Gasteiger partial charge on any atom is 0.303 e. The summed E-state index contributed by atoms with van der Waals surface area (Å²) in [6, 6.07) is 0. The molecule has 0 bridgehead atoms. The first-order chi connectivity index (χ1) is 10.8. The lowest BCUT2D eigenvalue weighted by Gasteiger charge is -2.21. The molecule has 0 aromatic rings. The van der Waals surface area contributed by atoms with Crippen molar-refractivity contribution in [3.63, 3.8) is 0 Å². The second-order valence-electron chi connectivity index (χ2n) is 6.44. The summed E-state index contributed by atoms with van der Waals surface area (Å²) in [6.07, 6.45) is 4.53. The average Bonchev–Trinajstić information content (AvgIpc) is 2.77. The number of unbranched alkanes of at least 4 members (excludes halogenated alkanes) is 3. The fourth-order valence-electron chi connectivity index (χ4n) is 3.55. The Balaban J connectivity index is 2.48. The Labute approximate surface area is 136 Å². The van der Waals surface area contributed by atoms with Crippen LogP contribution in [-0.2, 0) is 19.2 Å². The second-order valence-corrected chi connectivity index (χ2v) is 6.44. The minimum absolute atomic E-state index is 0.0170. The van der Waals surface area contributed by atoms with Gasteiger partial charge in [0, 0.05) is 31.1 Å². The Hall–Kier alpha value is -1.72. The first kappa shape index (κ1) is 19.3. The van der Waals surface area contributed by atoms with Gasteiger partial charge in [-0.3, -0.25) is 19.2 Å². The standard InChI is InChI=1S/C17H26O6/c1-11(18)14-10-15(19)13(12(14)8-9-17(22)23)6-4-2-3-5-7-16(20)21/h12-14H,2-10H2,1H3,(H,20,21)(H,22,23). The highest BCUT2D eigenvalue weighted by Gasteiger charge is 2.43. The third-order valence-corrected chi connectivity index (χ3v) is 4.74. The van der Waals surface area contributed by atoms with Gasteiger partial charge in [0.1, 0.15) is 11.6 Å². The van der Waals surface area contributed by atoms with Crippen LogP contribution in [0.2, 0.25) is 0 Å². The number of aliphatic carboxylic acids is 2. The number of hydrogen-bond donors (Lipinski definition) is 2. The summed E-state index contributed by atoms with van der Waals surface area (Å²) in [5.41, 5.74) is 0. The number of ketones is 2. The van der Waals surface area contributed by atoms with Crippen LogP contribution >= 0.6 is 0 Å². The molecule has 0 aliphatic heterocycles. The van der Waals surface area contributed by atoms with E-state index in [9.17, 15) is 19.2 Å². The summed E-state index contributed by atoms with van der Waals surface area (Å²) < 4.78 is 0. The van der Waals surface area contributed by atoms with Crippen molar-refractivity contribution in [1.29, 1.82) is 0 Å². The number of Topliss-reactive ketones (excluding diaryl/α,β-unsaturated/α-hetero) is 2. The zero-order valence-electron chi connectivity index (χ0n) is 13.6. The van der Waals surface area contributed by atoms with Crippen LogP contribution in [0, 0.1) is 17.8 Å².